The highest BCUT2D eigenvalue weighted by atomic mass is 32.3. The van der Waals surface area contributed by atoms with Crippen molar-refractivity contribution in [3.63, 3.8) is 0 Å². The minimum Gasteiger partial charge on any atom is -0.478 e. The van der Waals surface area contributed by atoms with Gasteiger partial charge in [0.1, 0.15) is 5.82 Å². The quantitative estimate of drug-likeness (QED) is 0.737. The van der Waals surface area contributed by atoms with Crippen LogP contribution in [0, 0.1) is 5.82 Å². The second-order valence-electron chi connectivity index (χ2n) is 4.17. The van der Waals surface area contributed by atoms with Crippen molar-refractivity contribution in [3.8, 4) is 0 Å². The predicted molar refractivity (Wildman–Crippen MR) is 75.3 cm³/mol. The Balaban J connectivity index is 2.99. The van der Waals surface area contributed by atoms with Crippen LogP contribution in [0.25, 0.3) is 6.08 Å². The third-order valence-electron chi connectivity index (χ3n) is 2.05. The van der Waals surface area contributed by atoms with E-state index in [1.165, 1.54) is 6.07 Å². The predicted octanol–water partition coefficient (Wildman–Crippen LogP) is 0.667. The van der Waals surface area contributed by atoms with E-state index in [1.807, 2.05) is 4.72 Å². The highest BCUT2D eigenvalue weighted by Crippen LogP contribution is 2.18. The lowest BCUT2D eigenvalue weighted by Gasteiger charge is -2.08. The van der Waals surface area contributed by atoms with Crippen LogP contribution in [0.1, 0.15) is 5.56 Å². The third-order valence-corrected chi connectivity index (χ3v) is 5.53. The summed E-state index contributed by atoms with van der Waals surface area (Å²) >= 11 is 0. The molecule has 7 nitrogen and oxygen atoms in total. The molecule has 0 atom stereocenters. The monoisotopic (exact) mass is 337 g/mol. The van der Waals surface area contributed by atoms with Gasteiger partial charge in [0.2, 0.25) is 10.0 Å². The van der Waals surface area contributed by atoms with Gasteiger partial charge in [-0.15, -0.1) is 0 Å². The number of sulfone groups is 1. The van der Waals surface area contributed by atoms with Gasteiger partial charge in [-0.05, 0) is 23.8 Å². The van der Waals surface area contributed by atoms with Gasteiger partial charge >= 0.3 is 5.97 Å². The molecule has 0 radical (unpaired) electrons. The number of carboxylic acids is 1. The molecule has 1 rings (SSSR count). The average Bonchev–Trinajstić information content (AvgIpc) is 2.26. The van der Waals surface area contributed by atoms with Crippen LogP contribution in [0.2, 0.25) is 0 Å². The first kappa shape index (κ1) is 17.1. The Morgan fingerprint density at radius 2 is 1.95 bits per heavy atom. The highest BCUT2D eigenvalue weighted by molar-refractivity contribution is 8.08. The number of halogens is 1. The molecule has 0 aliphatic rings. The lowest BCUT2D eigenvalue weighted by molar-refractivity contribution is -0.131. The zero-order chi connectivity index (χ0) is 16.3. The Morgan fingerprint density at radius 1 is 1.33 bits per heavy atom. The van der Waals surface area contributed by atoms with Gasteiger partial charge < -0.3 is 5.11 Å². The number of nitrogens with one attached hydrogen (secondary N) is 1. The van der Waals surface area contributed by atoms with Crippen LogP contribution in [0.15, 0.2) is 24.3 Å². The fourth-order valence-corrected chi connectivity index (χ4v) is 4.36. The van der Waals surface area contributed by atoms with Crippen LogP contribution < -0.4 is 4.72 Å². The van der Waals surface area contributed by atoms with E-state index in [1.54, 1.807) is 0 Å². The molecule has 0 amide bonds. The van der Waals surface area contributed by atoms with E-state index in [-0.39, 0.29) is 5.56 Å². The van der Waals surface area contributed by atoms with Gasteiger partial charge in [0, 0.05) is 12.3 Å². The number of anilines is 1. The van der Waals surface area contributed by atoms with Crippen molar-refractivity contribution >= 4 is 37.6 Å². The smallest absolute Gasteiger partial charge is 0.328 e. The van der Waals surface area contributed by atoms with Gasteiger partial charge in [-0.25, -0.2) is 26.0 Å². The fraction of sp³-hybridized carbons (Fsp3) is 0.182. The Bertz CT molecular complexity index is 783. The van der Waals surface area contributed by atoms with Crippen LogP contribution >= 0.6 is 0 Å². The van der Waals surface area contributed by atoms with E-state index in [2.05, 4.69) is 0 Å². The normalized spacial score (nSPS) is 12.5. The molecule has 0 bridgehead atoms. The van der Waals surface area contributed by atoms with Crippen LogP contribution in [0.4, 0.5) is 10.1 Å². The van der Waals surface area contributed by atoms with Crippen molar-refractivity contribution in [3.05, 3.63) is 35.7 Å². The lowest BCUT2D eigenvalue weighted by atomic mass is 10.2. The molecule has 0 unspecified atom stereocenters. The first-order chi connectivity index (χ1) is 9.48. The van der Waals surface area contributed by atoms with Crippen LogP contribution in [0.3, 0.4) is 0 Å². The maximum atomic E-state index is 13.7. The SMILES string of the molecule is CS(=O)(=O)CS(=O)(=O)Nc1ccc(/C=C/C(=O)O)cc1F. The standard InChI is InChI=1S/C11H12FNO6S2/c1-20(16,17)7-21(18,19)13-10-4-2-8(6-9(10)12)3-5-11(14)15/h2-6,13H,7H2,1H3,(H,14,15)/b5-3+. The van der Waals surface area contributed by atoms with E-state index in [0.29, 0.717) is 0 Å². The van der Waals surface area contributed by atoms with Gasteiger partial charge in [0.25, 0.3) is 0 Å². The topological polar surface area (TPSA) is 118 Å². The molecule has 0 saturated carbocycles. The number of hydrogen-bond acceptors (Lipinski definition) is 5. The average molecular weight is 337 g/mol. The number of sulfonamides is 1. The van der Waals surface area contributed by atoms with Gasteiger partial charge in [-0.1, -0.05) is 6.07 Å². The summed E-state index contributed by atoms with van der Waals surface area (Å²) in [6, 6.07) is 3.26. The van der Waals surface area contributed by atoms with E-state index in [9.17, 15) is 26.0 Å². The minimum absolute atomic E-state index is 0.209. The van der Waals surface area contributed by atoms with E-state index >= 15 is 0 Å². The Labute approximate surface area is 121 Å². The van der Waals surface area contributed by atoms with Crippen molar-refractivity contribution in [2.24, 2.45) is 0 Å². The molecule has 2 N–H and O–H groups in total. The summed E-state index contributed by atoms with van der Waals surface area (Å²) in [7, 11) is -8.03. The van der Waals surface area contributed by atoms with Crippen LogP contribution in [-0.2, 0) is 24.7 Å². The van der Waals surface area contributed by atoms with Gasteiger partial charge in [0.15, 0.2) is 14.9 Å². The minimum atomic E-state index is -4.24. The molecule has 1 aromatic rings. The van der Waals surface area contributed by atoms with E-state index in [0.717, 1.165) is 30.5 Å². The number of rotatable bonds is 6. The number of hydrogen-bond donors (Lipinski definition) is 2. The maximum Gasteiger partial charge on any atom is 0.328 e. The molecule has 0 aliphatic carbocycles. The molecular weight excluding hydrogens is 325 g/mol. The number of benzene rings is 1. The van der Waals surface area contributed by atoms with Gasteiger partial charge in [-0.3, -0.25) is 4.72 Å². The molecule has 0 saturated heterocycles. The number of aliphatic carboxylic acids is 1. The molecular formula is C11H12FNO6S2. The molecule has 0 aromatic heterocycles. The summed E-state index contributed by atoms with van der Waals surface area (Å²) < 4.78 is 60.4. The Kier molecular flexibility index (Phi) is 5.07. The summed E-state index contributed by atoms with van der Waals surface area (Å²) in [4.78, 5) is 10.3. The molecule has 1 aromatic carbocycles. The Morgan fingerprint density at radius 3 is 2.43 bits per heavy atom. The first-order valence-corrected chi connectivity index (χ1v) is 9.08. The Hall–Kier alpha value is -1.94. The van der Waals surface area contributed by atoms with E-state index < -0.39 is 42.4 Å². The third kappa shape index (κ3) is 6.36. The van der Waals surface area contributed by atoms with Crippen molar-refractivity contribution < 1.29 is 31.1 Å². The van der Waals surface area contributed by atoms with Crippen molar-refractivity contribution in [2.75, 3.05) is 16.1 Å². The zero-order valence-electron chi connectivity index (χ0n) is 10.8. The van der Waals surface area contributed by atoms with Crippen molar-refractivity contribution in [1.29, 1.82) is 0 Å². The van der Waals surface area contributed by atoms with Crippen molar-refractivity contribution in [2.45, 2.75) is 0 Å². The number of carboxylic acid groups (broad SMARTS) is 1. The highest BCUT2D eigenvalue weighted by Gasteiger charge is 2.19. The van der Waals surface area contributed by atoms with Gasteiger partial charge in [-0.2, -0.15) is 0 Å². The summed E-state index contributed by atoms with van der Waals surface area (Å²) in [5, 5.41) is 7.26. The molecule has 21 heavy (non-hydrogen) atoms. The molecule has 0 spiro atoms. The summed E-state index contributed by atoms with van der Waals surface area (Å²) in [6.45, 7) is 0. The second-order valence-corrected chi connectivity index (χ2v) is 8.40. The summed E-state index contributed by atoms with van der Waals surface area (Å²) in [5.41, 5.74) is -0.216. The van der Waals surface area contributed by atoms with E-state index in [4.69, 9.17) is 5.11 Å². The molecule has 10 heteroatoms. The lowest BCUT2D eigenvalue weighted by Crippen LogP contribution is -2.22. The maximum absolute atomic E-state index is 13.7. The van der Waals surface area contributed by atoms with Crippen LogP contribution in [-0.4, -0.2) is 39.3 Å². The first-order valence-electron chi connectivity index (χ1n) is 5.37. The van der Waals surface area contributed by atoms with Crippen molar-refractivity contribution in [1.82, 2.24) is 0 Å². The zero-order valence-corrected chi connectivity index (χ0v) is 12.4. The number of carbonyl (C=O) groups is 1. The molecule has 0 aliphatic heterocycles. The summed E-state index contributed by atoms with van der Waals surface area (Å²) in [5.74, 6) is -2.17. The largest absolute Gasteiger partial charge is 0.478 e. The summed E-state index contributed by atoms with van der Waals surface area (Å²) in [6.07, 6.45) is 2.66. The molecule has 0 fully saturated rings. The van der Waals surface area contributed by atoms with Crippen LogP contribution in [0.5, 0.6) is 0 Å². The fourth-order valence-electron chi connectivity index (χ4n) is 1.36. The second kappa shape index (κ2) is 6.22. The molecule has 0 heterocycles. The molecule has 116 valence electrons. The van der Waals surface area contributed by atoms with Gasteiger partial charge in [0.05, 0.1) is 5.69 Å².